The lowest BCUT2D eigenvalue weighted by Crippen LogP contribution is -2.46. The zero-order valence-electron chi connectivity index (χ0n) is 14.2. The van der Waals surface area contributed by atoms with Crippen LogP contribution in [0.4, 0.5) is 5.00 Å². The third kappa shape index (κ3) is 5.19. The number of carbonyl (C=O) groups is 1. The van der Waals surface area contributed by atoms with Crippen LogP contribution in [-0.4, -0.2) is 24.5 Å². The van der Waals surface area contributed by atoms with E-state index in [2.05, 4.69) is 43.4 Å². The molecular weight excluding hydrogens is 304 g/mol. The van der Waals surface area contributed by atoms with E-state index in [-0.39, 0.29) is 11.9 Å². The quantitative estimate of drug-likeness (QED) is 0.790. The van der Waals surface area contributed by atoms with Gasteiger partial charge in [-0.15, -0.1) is 11.3 Å². The minimum atomic E-state index is 0.138. The zero-order chi connectivity index (χ0) is 16.7. The van der Waals surface area contributed by atoms with Crippen LogP contribution >= 0.6 is 11.3 Å². The van der Waals surface area contributed by atoms with Gasteiger partial charge in [-0.1, -0.05) is 37.3 Å². The Bertz CT molecular complexity index is 583. The molecule has 1 N–H and O–H groups in total. The van der Waals surface area contributed by atoms with E-state index in [0.717, 1.165) is 18.0 Å². The van der Waals surface area contributed by atoms with Crippen molar-refractivity contribution in [1.29, 1.82) is 0 Å². The summed E-state index contributed by atoms with van der Waals surface area (Å²) in [4.78, 5) is 14.2. The molecule has 1 amide bonds. The van der Waals surface area contributed by atoms with E-state index in [1.54, 1.807) is 11.3 Å². The second-order valence-electron chi connectivity index (χ2n) is 5.92. The van der Waals surface area contributed by atoms with E-state index in [1.165, 1.54) is 5.56 Å². The van der Waals surface area contributed by atoms with Crippen molar-refractivity contribution in [1.82, 2.24) is 5.32 Å². The summed E-state index contributed by atoms with van der Waals surface area (Å²) in [7, 11) is 0. The first-order chi connectivity index (χ1) is 11.1. The van der Waals surface area contributed by atoms with E-state index >= 15 is 0 Å². The zero-order valence-corrected chi connectivity index (χ0v) is 15.0. The fraction of sp³-hybridized carbons (Fsp3) is 0.421. The molecule has 0 spiro atoms. The molecule has 0 aliphatic heterocycles. The van der Waals surface area contributed by atoms with Gasteiger partial charge in [-0.25, -0.2) is 0 Å². The first kappa shape index (κ1) is 17.7. The molecule has 2 rings (SSSR count). The summed E-state index contributed by atoms with van der Waals surface area (Å²) < 4.78 is 0. The topological polar surface area (TPSA) is 32.3 Å². The number of nitrogens with zero attached hydrogens (tertiary/aromatic N) is 1. The molecule has 1 aromatic carbocycles. The fourth-order valence-electron chi connectivity index (χ4n) is 2.67. The molecular formula is C19H26N2OS. The Morgan fingerprint density at radius 2 is 1.91 bits per heavy atom. The Hall–Kier alpha value is -1.65. The number of hydrogen-bond donors (Lipinski definition) is 1. The molecule has 0 radical (unpaired) electrons. The van der Waals surface area contributed by atoms with Gasteiger partial charge in [0, 0.05) is 25.0 Å². The predicted octanol–water partition coefficient (Wildman–Crippen LogP) is 4.10. The van der Waals surface area contributed by atoms with Crippen LogP contribution in [0.25, 0.3) is 0 Å². The van der Waals surface area contributed by atoms with Gasteiger partial charge in [0.2, 0.25) is 5.91 Å². The van der Waals surface area contributed by atoms with E-state index in [0.29, 0.717) is 12.5 Å². The van der Waals surface area contributed by atoms with E-state index in [9.17, 15) is 4.79 Å². The number of nitrogens with one attached hydrogen (secondary N) is 1. The van der Waals surface area contributed by atoms with Crippen LogP contribution in [0.5, 0.6) is 0 Å². The van der Waals surface area contributed by atoms with Gasteiger partial charge < -0.3 is 5.32 Å². The van der Waals surface area contributed by atoms with Crippen molar-refractivity contribution in [3.8, 4) is 0 Å². The van der Waals surface area contributed by atoms with Crippen LogP contribution in [0, 0.1) is 0 Å². The fourth-order valence-corrected chi connectivity index (χ4v) is 3.52. The molecule has 0 bridgehead atoms. The number of anilines is 1. The molecule has 2 aromatic rings. The molecule has 4 heteroatoms. The van der Waals surface area contributed by atoms with Crippen molar-refractivity contribution >= 4 is 22.2 Å². The first-order valence-corrected chi connectivity index (χ1v) is 9.12. The lowest BCUT2D eigenvalue weighted by Gasteiger charge is -2.29. The summed E-state index contributed by atoms with van der Waals surface area (Å²) in [5, 5.41) is 6.61. The van der Waals surface area contributed by atoms with Crippen LogP contribution in [0.2, 0.25) is 0 Å². The van der Waals surface area contributed by atoms with E-state index in [4.69, 9.17) is 0 Å². The van der Waals surface area contributed by atoms with E-state index in [1.807, 2.05) is 35.4 Å². The monoisotopic (exact) mass is 330 g/mol. The van der Waals surface area contributed by atoms with Crippen molar-refractivity contribution in [3.05, 3.63) is 53.4 Å². The van der Waals surface area contributed by atoms with Gasteiger partial charge in [-0.3, -0.25) is 9.69 Å². The van der Waals surface area contributed by atoms with E-state index < -0.39 is 0 Å². The third-order valence-electron chi connectivity index (χ3n) is 3.90. The van der Waals surface area contributed by atoms with Crippen molar-refractivity contribution in [2.24, 2.45) is 0 Å². The molecule has 0 saturated heterocycles. The van der Waals surface area contributed by atoms with Crippen LogP contribution in [0.3, 0.4) is 0 Å². The summed E-state index contributed by atoms with van der Waals surface area (Å²) in [5.41, 5.74) is 1.33. The molecule has 0 fully saturated rings. The minimum Gasteiger partial charge on any atom is -0.312 e. The van der Waals surface area contributed by atoms with Crippen LogP contribution in [0.1, 0.15) is 32.8 Å². The van der Waals surface area contributed by atoms with Crippen LogP contribution in [0.15, 0.2) is 47.8 Å². The average molecular weight is 330 g/mol. The maximum atomic E-state index is 12.3. The Morgan fingerprint density at radius 3 is 2.52 bits per heavy atom. The second-order valence-corrected chi connectivity index (χ2v) is 6.84. The molecule has 1 aromatic heterocycles. The smallest absolute Gasteiger partial charge is 0.227 e. The van der Waals surface area contributed by atoms with Gasteiger partial charge >= 0.3 is 0 Å². The van der Waals surface area contributed by atoms with Gasteiger partial charge in [0.25, 0.3) is 0 Å². The van der Waals surface area contributed by atoms with Crippen molar-refractivity contribution in [3.63, 3.8) is 0 Å². The molecule has 0 aliphatic carbocycles. The van der Waals surface area contributed by atoms with Gasteiger partial charge in [-0.2, -0.15) is 0 Å². The maximum absolute atomic E-state index is 12.3. The highest BCUT2D eigenvalue weighted by Crippen LogP contribution is 2.24. The Balaban J connectivity index is 1.91. The third-order valence-corrected chi connectivity index (χ3v) is 4.77. The van der Waals surface area contributed by atoms with Crippen molar-refractivity contribution in [2.45, 2.75) is 45.7 Å². The average Bonchev–Trinajstić information content (AvgIpc) is 3.08. The maximum Gasteiger partial charge on any atom is 0.227 e. The highest BCUT2D eigenvalue weighted by atomic mass is 32.1. The number of rotatable bonds is 8. The number of carbonyl (C=O) groups excluding carboxylic acids is 1. The molecule has 23 heavy (non-hydrogen) atoms. The largest absolute Gasteiger partial charge is 0.312 e. The molecule has 1 heterocycles. The van der Waals surface area contributed by atoms with Gasteiger partial charge in [0.05, 0.1) is 5.00 Å². The lowest BCUT2D eigenvalue weighted by atomic mass is 10.1. The molecule has 2 unspecified atom stereocenters. The summed E-state index contributed by atoms with van der Waals surface area (Å²) in [6, 6.07) is 15.0. The normalized spacial score (nSPS) is 13.5. The molecule has 124 valence electrons. The minimum absolute atomic E-state index is 0.138. The van der Waals surface area contributed by atoms with Crippen LogP contribution < -0.4 is 10.2 Å². The molecule has 3 nitrogen and oxygen atoms in total. The Kier molecular flexibility index (Phi) is 6.81. The standard InChI is InChI=1S/C19H26N2OS/c1-4-18(22)21(19-11-8-12-23-19)16(3)14-20-15(2)13-17-9-6-5-7-10-17/h5-12,15-16,20H,4,13-14H2,1-3H3. The highest BCUT2D eigenvalue weighted by molar-refractivity contribution is 7.14. The molecule has 2 atom stereocenters. The van der Waals surface area contributed by atoms with Crippen LogP contribution in [-0.2, 0) is 11.2 Å². The van der Waals surface area contributed by atoms with Gasteiger partial charge in [-0.05, 0) is 43.3 Å². The number of thiophene rings is 1. The molecule has 0 aliphatic rings. The van der Waals surface area contributed by atoms with Crippen molar-refractivity contribution in [2.75, 3.05) is 11.4 Å². The number of amides is 1. The first-order valence-electron chi connectivity index (χ1n) is 8.24. The Morgan fingerprint density at radius 1 is 1.17 bits per heavy atom. The second kappa shape index (κ2) is 8.85. The Labute approximate surface area is 143 Å². The SMILES string of the molecule is CCC(=O)N(c1cccs1)C(C)CNC(C)Cc1ccccc1. The predicted molar refractivity (Wildman–Crippen MR) is 99.2 cm³/mol. The number of benzene rings is 1. The summed E-state index contributed by atoms with van der Waals surface area (Å²) in [6.07, 6.45) is 1.52. The summed E-state index contributed by atoms with van der Waals surface area (Å²) >= 11 is 1.62. The highest BCUT2D eigenvalue weighted by Gasteiger charge is 2.21. The number of hydrogen-bond acceptors (Lipinski definition) is 3. The molecule has 0 saturated carbocycles. The van der Waals surface area contributed by atoms with Crippen molar-refractivity contribution < 1.29 is 4.79 Å². The summed E-state index contributed by atoms with van der Waals surface area (Å²) in [5.74, 6) is 0.178. The lowest BCUT2D eigenvalue weighted by molar-refractivity contribution is -0.118. The summed E-state index contributed by atoms with van der Waals surface area (Å²) in [6.45, 7) is 7.01. The van der Waals surface area contributed by atoms with Gasteiger partial charge in [0.1, 0.15) is 0 Å². The van der Waals surface area contributed by atoms with Gasteiger partial charge in [0.15, 0.2) is 0 Å².